The first-order chi connectivity index (χ1) is 14.8. The van der Waals surface area contributed by atoms with E-state index in [1.54, 1.807) is 11.3 Å². The molecule has 1 aromatic carbocycles. The molecule has 2 heterocycles. The van der Waals surface area contributed by atoms with E-state index in [1.165, 1.54) is 34.0 Å². The number of rotatable bonds is 5. The average molecular weight is 437 g/mol. The quantitative estimate of drug-likeness (QED) is 0.398. The van der Waals surface area contributed by atoms with E-state index < -0.39 is 0 Å². The maximum Gasteiger partial charge on any atom is 0.0846 e. The maximum absolute atomic E-state index is 7.29. The predicted molar refractivity (Wildman–Crippen MR) is 142 cm³/mol. The Morgan fingerprint density at radius 2 is 1.71 bits per heavy atom. The Labute approximate surface area is 194 Å². The summed E-state index contributed by atoms with van der Waals surface area (Å²) in [6.07, 6.45) is 5.70. The Morgan fingerprint density at radius 1 is 1.06 bits per heavy atom. The van der Waals surface area contributed by atoms with Crippen LogP contribution < -0.4 is 0 Å². The fourth-order valence-electron chi connectivity index (χ4n) is 2.92. The van der Waals surface area contributed by atoms with Gasteiger partial charge in [0.25, 0.3) is 0 Å². The molecule has 0 bridgehead atoms. The zero-order valence-corrected chi connectivity index (χ0v) is 21.4. The molecule has 3 aromatic rings. The van der Waals surface area contributed by atoms with Crippen LogP contribution in [0.3, 0.4) is 0 Å². The zero-order valence-electron chi connectivity index (χ0n) is 20.6. The van der Waals surface area contributed by atoms with Gasteiger partial charge in [0, 0.05) is 11.8 Å². The lowest BCUT2D eigenvalue weighted by Crippen LogP contribution is -1.93. The monoisotopic (exact) mass is 436 g/mol. The minimum atomic E-state index is 0.658. The summed E-state index contributed by atoms with van der Waals surface area (Å²) >= 11 is 1.71. The molecule has 0 fully saturated rings. The van der Waals surface area contributed by atoms with Crippen LogP contribution in [0.15, 0.2) is 47.9 Å². The van der Waals surface area contributed by atoms with Crippen LogP contribution in [-0.4, -0.2) is 11.2 Å². The highest BCUT2D eigenvalue weighted by atomic mass is 32.1. The Morgan fingerprint density at radius 3 is 2.19 bits per heavy atom. The van der Waals surface area contributed by atoms with Gasteiger partial charge < -0.3 is 5.41 Å². The molecule has 0 atom stereocenters. The Hall–Kier alpha value is -2.26. The van der Waals surface area contributed by atoms with Crippen molar-refractivity contribution in [2.24, 2.45) is 5.92 Å². The van der Waals surface area contributed by atoms with E-state index in [4.69, 9.17) is 5.41 Å². The van der Waals surface area contributed by atoms with Crippen molar-refractivity contribution in [2.45, 2.75) is 74.1 Å². The van der Waals surface area contributed by atoms with Crippen molar-refractivity contribution in [1.82, 2.24) is 4.98 Å². The number of fused-ring (bicyclic) bond motifs is 1. The fourth-order valence-corrected chi connectivity index (χ4v) is 3.80. The van der Waals surface area contributed by atoms with Crippen molar-refractivity contribution in [3.63, 3.8) is 0 Å². The number of nitrogens with one attached hydrogen (secondary N) is 1. The van der Waals surface area contributed by atoms with Crippen LogP contribution in [0.2, 0.25) is 0 Å². The summed E-state index contributed by atoms with van der Waals surface area (Å²) in [6.45, 7) is 17.3. The smallest absolute Gasteiger partial charge is 0.0846 e. The minimum absolute atomic E-state index is 0.658. The summed E-state index contributed by atoms with van der Waals surface area (Å²) in [6, 6.07) is 12.7. The van der Waals surface area contributed by atoms with Crippen molar-refractivity contribution in [3.05, 3.63) is 70.2 Å². The van der Waals surface area contributed by atoms with Crippen LogP contribution in [-0.2, 0) is 6.42 Å². The van der Waals surface area contributed by atoms with E-state index in [9.17, 15) is 0 Å². The molecule has 0 aliphatic carbocycles. The summed E-state index contributed by atoms with van der Waals surface area (Å²) in [5, 5.41) is 9.40. The molecule has 2 aromatic heterocycles. The third-order valence-corrected chi connectivity index (χ3v) is 6.29. The van der Waals surface area contributed by atoms with Gasteiger partial charge in [-0.1, -0.05) is 78.3 Å². The molecule has 0 saturated heterocycles. The average Bonchev–Trinajstić information content (AvgIpc) is 3.15. The van der Waals surface area contributed by atoms with E-state index in [1.807, 2.05) is 19.1 Å². The molecule has 0 saturated carbocycles. The molecule has 168 valence electrons. The first kappa shape index (κ1) is 26.8. The number of hydrogen-bond donors (Lipinski definition) is 1. The van der Waals surface area contributed by atoms with Gasteiger partial charge in [0.2, 0.25) is 0 Å². The van der Waals surface area contributed by atoms with Crippen molar-refractivity contribution in [1.29, 1.82) is 5.41 Å². The van der Waals surface area contributed by atoms with E-state index >= 15 is 0 Å². The van der Waals surface area contributed by atoms with Crippen LogP contribution in [0, 0.1) is 18.3 Å². The molecule has 0 unspecified atom stereocenters. The lowest BCUT2D eigenvalue weighted by Gasteiger charge is -2.09. The molecule has 3 rings (SSSR count). The van der Waals surface area contributed by atoms with Crippen molar-refractivity contribution < 1.29 is 0 Å². The number of pyridine rings is 1. The summed E-state index contributed by atoms with van der Waals surface area (Å²) in [4.78, 5) is 4.57. The SMILES string of the molecule is C/C=C(\C=N)c1ccc2scc(C)c2n1.CCC(C)C.CCc1ccccc1C(C)C. The standard InChI is InChI=1S/C12H12N2S.C11H16.C5H12/c1-3-9(6-13)10-4-5-11-12(14-10)8(2)7-15-11;1-4-10-7-5-6-8-11(10)9(2)3;1-4-5(2)3/h3-7,13H,1-2H3;5-9H,4H2,1-3H3;5H,4H2,1-3H3/b9-3+,13-6?;;. The van der Waals surface area contributed by atoms with Crippen molar-refractivity contribution in [2.75, 3.05) is 0 Å². The molecule has 31 heavy (non-hydrogen) atoms. The topological polar surface area (TPSA) is 36.7 Å². The highest BCUT2D eigenvalue weighted by Gasteiger charge is 2.05. The normalized spacial score (nSPS) is 11.1. The van der Waals surface area contributed by atoms with Crippen LogP contribution in [0.1, 0.15) is 83.2 Å². The predicted octanol–water partition coefficient (Wildman–Crippen LogP) is 9.08. The third-order valence-electron chi connectivity index (χ3n) is 5.23. The number of nitrogens with zero attached hydrogens (tertiary/aromatic N) is 1. The van der Waals surface area contributed by atoms with Gasteiger partial charge in [0.15, 0.2) is 0 Å². The van der Waals surface area contributed by atoms with Gasteiger partial charge in [-0.3, -0.25) is 0 Å². The zero-order chi connectivity index (χ0) is 23.4. The van der Waals surface area contributed by atoms with E-state index in [0.29, 0.717) is 5.92 Å². The highest BCUT2D eigenvalue weighted by molar-refractivity contribution is 7.17. The number of aryl methyl sites for hydroxylation is 2. The van der Waals surface area contributed by atoms with Crippen LogP contribution in [0.25, 0.3) is 15.8 Å². The minimum Gasteiger partial charge on any atom is -0.308 e. The molecule has 0 spiro atoms. The van der Waals surface area contributed by atoms with Gasteiger partial charge in [0.05, 0.1) is 15.9 Å². The largest absolute Gasteiger partial charge is 0.308 e. The maximum atomic E-state index is 7.29. The van der Waals surface area contributed by atoms with Crippen molar-refractivity contribution >= 4 is 33.3 Å². The van der Waals surface area contributed by atoms with E-state index in [-0.39, 0.29) is 0 Å². The molecule has 1 N–H and O–H groups in total. The van der Waals surface area contributed by atoms with Gasteiger partial charge in [-0.2, -0.15) is 0 Å². The summed E-state index contributed by atoms with van der Waals surface area (Å²) in [5.74, 6) is 1.54. The summed E-state index contributed by atoms with van der Waals surface area (Å²) in [5.41, 5.74) is 6.98. The molecule has 2 nitrogen and oxygen atoms in total. The van der Waals surface area contributed by atoms with E-state index in [0.717, 1.165) is 29.1 Å². The van der Waals surface area contributed by atoms with Crippen molar-refractivity contribution in [3.8, 4) is 0 Å². The number of thiophene rings is 1. The molecule has 0 aliphatic rings. The summed E-state index contributed by atoms with van der Waals surface area (Å²) in [7, 11) is 0. The second kappa shape index (κ2) is 13.9. The van der Waals surface area contributed by atoms with Gasteiger partial charge in [-0.15, -0.1) is 11.3 Å². The molecule has 0 aliphatic heterocycles. The molecular formula is C28H40N2S. The molecule has 3 heteroatoms. The first-order valence-electron chi connectivity index (χ1n) is 11.4. The Balaban J connectivity index is 0.000000264. The third kappa shape index (κ3) is 8.41. The molecular weight excluding hydrogens is 396 g/mol. The first-order valence-corrected chi connectivity index (χ1v) is 12.3. The second-order valence-corrected chi connectivity index (χ2v) is 9.27. The highest BCUT2D eigenvalue weighted by Crippen LogP contribution is 2.25. The van der Waals surface area contributed by atoms with Gasteiger partial charge >= 0.3 is 0 Å². The Kier molecular flexibility index (Phi) is 12.0. The number of hydrogen-bond acceptors (Lipinski definition) is 3. The van der Waals surface area contributed by atoms with Crippen LogP contribution in [0.5, 0.6) is 0 Å². The van der Waals surface area contributed by atoms with Crippen LogP contribution >= 0.6 is 11.3 Å². The van der Waals surface area contributed by atoms with Gasteiger partial charge in [0.1, 0.15) is 0 Å². The Bertz CT molecular complexity index is 964. The number of benzene rings is 1. The lowest BCUT2D eigenvalue weighted by atomic mass is 9.96. The van der Waals surface area contributed by atoms with Gasteiger partial charge in [-0.05, 0) is 66.3 Å². The second-order valence-electron chi connectivity index (χ2n) is 8.36. The fraction of sp³-hybridized carbons (Fsp3) is 0.429. The lowest BCUT2D eigenvalue weighted by molar-refractivity contribution is 0.626. The van der Waals surface area contributed by atoms with Gasteiger partial charge in [-0.25, -0.2) is 4.98 Å². The van der Waals surface area contributed by atoms with Crippen LogP contribution in [0.4, 0.5) is 0 Å². The molecule has 0 amide bonds. The van der Waals surface area contributed by atoms with E-state index in [2.05, 4.69) is 89.2 Å². The molecule has 0 radical (unpaired) electrons. The summed E-state index contributed by atoms with van der Waals surface area (Å²) < 4.78 is 1.21. The number of aromatic nitrogens is 1. The number of allylic oxidation sites excluding steroid dienone is 2.